The first kappa shape index (κ1) is 15.6. The predicted octanol–water partition coefficient (Wildman–Crippen LogP) is 0.944. The minimum atomic E-state index is -0.906. The smallest absolute Gasteiger partial charge is 0.345 e. The van der Waals surface area contributed by atoms with Gasteiger partial charge >= 0.3 is 11.9 Å². The Morgan fingerprint density at radius 3 is 2.50 bits per heavy atom. The van der Waals surface area contributed by atoms with Gasteiger partial charge in [0, 0.05) is 12.1 Å². The van der Waals surface area contributed by atoms with Crippen molar-refractivity contribution >= 4 is 17.6 Å². The van der Waals surface area contributed by atoms with Crippen LogP contribution in [0.5, 0.6) is 0 Å². The summed E-state index contributed by atoms with van der Waals surface area (Å²) in [4.78, 5) is 33.2. The van der Waals surface area contributed by atoms with Gasteiger partial charge in [0.1, 0.15) is 5.56 Å². The molecule has 0 saturated heterocycles. The van der Waals surface area contributed by atoms with Crippen LogP contribution in [0.15, 0.2) is 18.2 Å². The molecule has 0 saturated carbocycles. The van der Waals surface area contributed by atoms with Gasteiger partial charge in [-0.1, -0.05) is 12.1 Å². The van der Waals surface area contributed by atoms with Crippen LogP contribution < -0.4 is 5.73 Å². The molecule has 108 valence electrons. The normalized spacial score (nSPS) is 11.6. The zero-order valence-corrected chi connectivity index (χ0v) is 11.0. The largest absolute Gasteiger partial charge is 0.469 e. The average Bonchev–Trinajstić information content (AvgIpc) is 2.45. The molecule has 1 unspecified atom stereocenters. The lowest BCUT2D eigenvalue weighted by Crippen LogP contribution is -2.20. The number of carbonyl (C=O) groups excluding carboxylic acids is 2. The lowest BCUT2D eigenvalue weighted by atomic mass is 9.97. The molecule has 0 radical (unpaired) electrons. The number of esters is 2. The Labute approximate surface area is 114 Å². The van der Waals surface area contributed by atoms with Crippen LogP contribution in [0.2, 0.25) is 0 Å². The van der Waals surface area contributed by atoms with Crippen LogP contribution in [0.1, 0.15) is 28.4 Å². The van der Waals surface area contributed by atoms with Crippen LogP contribution in [-0.4, -0.2) is 31.1 Å². The molecule has 0 fully saturated rings. The van der Waals surface area contributed by atoms with Crippen molar-refractivity contribution in [2.45, 2.75) is 12.5 Å². The maximum Gasteiger partial charge on any atom is 0.345 e. The number of nitrogens with zero attached hydrogens (tertiary/aromatic N) is 1. The first-order valence-electron chi connectivity index (χ1n) is 5.60. The molecule has 1 rings (SSSR count). The van der Waals surface area contributed by atoms with Crippen LogP contribution in [0.4, 0.5) is 5.69 Å². The van der Waals surface area contributed by atoms with Crippen LogP contribution in [0.25, 0.3) is 0 Å². The minimum absolute atomic E-state index is 0.163. The number of nitrogens with two attached hydrogens (primary N) is 1. The van der Waals surface area contributed by atoms with E-state index in [2.05, 4.69) is 9.47 Å². The van der Waals surface area contributed by atoms with Crippen LogP contribution in [0, 0.1) is 10.1 Å². The van der Waals surface area contributed by atoms with Gasteiger partial charge in [0.2, 0.25) is 0 Å². The summed E-state index contributed by atoms with van der Waals surface area (Å²) < 4.78 is 9.01. The third-order valence-electron chi connectivity index (χ3n) is 2.67. The zero-order chi connectivity index (χ0) is 15.3. The molecule has 0 aliphatic rings. The fourth-order valence-corrected chi connectivity index (χ4v) is 1.72. The number of methoxy groups -OCH3 is 2. The van der Waals surface area contributed by atoms with Crippen molar-refractivity contribution in [3.8, 4) is 0 Å². The fourth-order valence-electron chi connectivity index (χ4n) is 1.72. The molecule has 2 N–H and O–H groups in total. The van der Waals surface area contributed by atoms with E-state index in [1.54, 1.807) is 0 Å². The lowest BCUT2D eigenvalue weighted by molar-refractivity contribution is -0.385. The molecule has 8 nitrogen and oxygen atoms in total. The number of ether oxygens (including phenoxy) is 2. The second-order valence-electron chi connectivity index (χ2n) is 3.88. The van der Waals surface area contributed by atoms with Crippen molar-refractivity contribution in [2.75, 3.05) is 14.2 Å². The van der Waals surface area contributed by atoms with Crippen molar-refractivity contribution in [2.24, 2.45) is 5.73 Å². The van der Waals surface area contributed by atoms with E-state index in [0.717, 1.165) is 7.11 Å². The predicted molar refractivity (Wildman–Crippen MR) is 68.0 cm³/mol. The fraction of sp³-hybridized carbons (Fsp3) is 0.333. The van der Waals surface area contributed by atoms with Gasteiger partial charge in [-0.2, -0.15) is 0 Å². The highest BCUT2D eigenvalue weighted by molar-refractivity contribution is 5.96. The second-order valence-corrected chi connectivity index (χ2v) is 3.88. The van der Waals surface area contributed by atoms with E-state index in [0.29, 0.717) is 0 Å². The molecule has 0 amide bonds. The van der Waals surface area contributed by atoms with Crippen molar-refractivity contribution in [3.63, 3.8) is 0 Å². The Bertz CT molecular complexity index is 543. The number of rotatable bonds is 5. The first-order valence-corrected chi connectivity index (χ1v) is 5.60. The number of hydrogen-bond acceptors (Lipinski definition) is 7. The average molecular weight is 282 g/mol. The number of nitro groups is 1. The van der Waals surface area contributed by atoms with Gasteiger partial charge in [-0.3, -0.25) is 14.9 Å². The standard InChI is InChI=1S/C12H14N2O6/c1-19-10(15)6-8(13)7-4-3-5-9(14(17)18)11(7)12(16)20-2/h3-5,8H,6,13H2,1-2H3. The molecule has 1 atom stereocenters. The third kappa shape index (κ3) is 3.29. The molecular weight excluding hydrogens is 268 g/mol. The maximum absolute atomic E-state index is 11.7. The van der Waals surface area contributed by atoms with Crippen molar-refractivity contribution in [1.29, 1.82) is 0 Å². The highest BCUT2D eigenvalue weighted by Gasteiger charge is 2.28. The Morgan fingerprint density at radius 1 is 1.35 bits per heavy atom. The molecule has 0 aliphatic heterocycles. The van der Waals surface area contributed by atoms with Gasteiger partial charge in [-0.25, -0.2) is 4.79 Å². The lowest BCUT2D eigenvalue weighted by Gasteiger charge is -2.14. The van der Waals surface area contributed by atoms with E-state index in [1.165, 1.54) is 25.3 Å². The summed E-state index contributed by atoms with van der Waals surface area (Å²) in [5.74, 6) is -1.47. The molecule has 1 aromatic rings. The first-order chi connectivity index (χ1) is 9.42. The molecule has 0 aromatic heterocycles. The van der Waals surface area contributed by atoms with E-state index in [1.807, 2.05) is 0 Å². The van der Waals surface area contributed by atoms with E-state index in [4.69, 9.17) is 5.73 Å². The Kier molecular flexibility index (Phi) is 5.15. The van der Waals surface area contributed by atoms with Crippen LogP contribution >= 0.6 is 0 Å². The summed E-state index contributed by atoms with van der Waals surface area (Å²) in [5, 5.41) is 11.0. The van der Waals surface area contributed by atoms with Crippen molar-refractivity contribution < 1.29 is 24.0 Å². The topological polar surface area (TPSA) is 122 Å². The quantitative estimate of drug-likeness (QED) is 0.484. The maximum atomic E-state index is 11.7. The number of carbonyl (C=O) groups is 2. The Hall–Kier alpha value is -2.48. The second kappa shape index (κ2) is 6.62. The zero-order valence-electron chi connectivity index (χ0n) is 11.0. The summed E-state index contributed by atoms with van der Waals surface area (Å²) in [7, 11) is 2.30. The monoisotopic (exact) mass is 282 g/mol. The number of benzene rings is 1. The van der Waals surface area contributed by atoms with Crippen LogP contribution in [-0.2, 0) is 14.3 Å². The number of hydrogen-bond donors (Lipinski definition) is 1. The van der Waals surface area contributed by atoms with Gasteiger partial charge in [-0.15, -0.1) is 0 Å². The molecule has 8 heteroatoms. The summed E-state index contributed by atoms with van der Waals surface area (Å²) in [6, 6.07) is 3.08. The van der Waals surface area contributed by atoms with Crippen LogP contribution in [0.3, 0.4) is 0 Å². The van der Waals surface area contributed by atoms with E-state index in [-0.39, 0.29) is 17.5 Å². The summed E-state index contributed by atoms with van der Waals surface area (Å²) in [6.07, 6.45) is -0.207. The van der Waals surface area contributed by atoms with Gasteiger partial charge in [0.15, 0.2) is 0 Å². The van der Waals surface area contributed by atoms with Gasteiger partial charge < -0.3 is 15.2 Å². The highest BCUT2D eigenvalue weighted by Crippen LogP contribution is 2.28. The Balaban J connectivity index is 3.31. The molecule has 0 aliphatic carbocycles. The van der Waals surface area contributed by atoms with E-state index < -0.39 is 28.6 Å². The van der Waals surface area contributed by atoms with Gasteiger partial charge in [0.25, 0.3) is 5.69 Å². The summed E-state index contributed by atoms with van der Waals surface area (Å²) in [6.45, 7) is 0. The van der Waals surface area contributed by atoms with Crippen molar-refractivity contribution in [3.05, 3.63) is 39.4 Å². The molecule has 0 bridgehead atoms. The van der Waals surface area contributed by atoms with E-state index >= 15 is 0 Å². The summed E-state index contributed by atoms with van der Waals surface area (Å²) in [5.41, 5.74) is 5.29. The highest BCUT2D eigenvalue weighted by atomic mass is 16.6. The van der Waals surface area contributed by atoms with E-state index in [9.17, 15) is 19.7 Å². The molecule has 20 heavy (non-hydrogen) atoms. The molecule has 0 heterocycles. The number of nitro benzene ring substituents is 1. The molecule has 1 aromatic carbocycles. The third-order valence-corrected chi connectivity index (χ3v) is 2.67. The minimum Gasteiger partial charge on any atom is -0.469 e. The Morgan fingerprint density at radius 2 is 2.00 bits per heavy atom. The SMILES string of the molecule is COC(=O)CC(N)c1cccc([N+](=O)[O-])c1C(=O)OC. The molecule has 0 spiro atoms. The van der Waals surface area contributed by atoms with Gasteiger partial charge in [-0.05, 0) is 5.56 Å². The molecular formula is C12H14N2O6. The van der Waals surface area contributed by atoms with Gasteiger partial charge in [0.05, 0.1) is 25.6 Å². The van der Waals surface area contributed by atoms with Crippen molar-refractivity contribution in [1.82, 2.24) is 0 Å². The summed E-state index contributed by atoms with van der Waals surface area (Å²) >= 11 is 0.